The van der Waals surface area contributed by atoms with Crippen molar-refractivity contribution in [2.45, 2.75) is 31.2 Å². The first kappa shape index (κ1) is 12.5. The number of aliphatic imine (C=N–C) groups is 1. The van der Waals surface area contributed by atoms with Gasteiger partial charge in [-0.05, 0) is 24.5 Å². The number of halogens is 1. The van der Waals surface area contributed by atoms with Crippen LogP contribution in [0.3, 0.4) is 0 Å². The Morgan fingerprint density at radius 3 is 2.79 bits per heavy atom. The van der Waals surface area contributed by atoms with Crippen molar-refractivity contribution in [2.75, 3.05) is 0 Å². The van der Waals surface area contributed by atoms with Gasteiger partial charge in [-0.1, -0.05) is 36.6 Å². The van der Waals surface area contributed by atoms with Crippen LogP contribution in [-0.2, 0) is 17.4 Å². The molecule has 0 spiro atoms. The largest absolute Gasteiger partial charge is 0.349 e. The number of carbonyl (C=O) groups excluding carboxylic acids is 1. The Morgan fingerprint density at radius 2 is 2.11 bits per heavy atom. The summed E-state index contributed by atoms with van der Waals surface area (Å²) in [4.78, 5) is 15.0. The molecule has 3 rings (SSSR count). The Balaban J connectivity index is 2.32. The minimum atomic E-state index is -0.424. The fraction of sp³-hybridized carbons (Fsp3) is 0.400. The molecule has 0 unspecified atom stereocenters. The Bertz CT molecular complexity index is 677. The van der Waals surface area contributed by atoms with Crippen molar-refractivity contribution in [1.82, 2.24) is 4.57 Å². The molecule has 1 aromatic carbocycles. The van der Waals surface area contributed by atoms with Crippen LogP contribution in [0.1, 0.15) is 31.2 Å². The second kappa shape index (κ2) is 4.52. The summed E-state index contributed by atoms with van der Waals surface area (Å²) < 4.78 is 2.01. The third-order valence-electron chi connectivity index (χ3n) is 4.16. The van der Waals surface area contributed by atoms with Gasteiger partial charge in [-0.15, -0.1) is 0 Å². The maximum Gasteiger partial charge on any atom is 0.235 e. The van der Waals surface area contributed by atoms with Gasteiger partial charge in [0, 0.05) is 24.1 Å². The lowest BCUT2D eigenvalue weighted by molar-refractivity contribution is 0.459. The molecule has 1 saturated carbocycles. The molecule has 1 aliphatic rings. The van der Waals surface area contributed by atoms with Crippen molar-refractivity contribution < 1.29 is 4.79 Å². The highest BCUT2D eigenvalue weighted by Crippen LogP contribution is 2.46. The fourth-order valence-electron chi connectivity index (χ4n) is 3.27. The second-order valence-corrected chi connectivity index (χ2v) is 5.64. The van der Waals surface area contributed by atoms with E-state index in [1.807, 2.05) is 36.0 Å². The van der Waals surface area contributed by atoms with Gasteiger partial charge in [0.2, 0.25) is 6.08 Å². The minimum Gasteiger partial charge on any atom is -0.349 e. The first-order chi connectivity index (χ1) is 9.18. The quantitative estimate of drug-likeness (QED) is 0.603. The van der Waals surface area contributed by atoms with Crippen LogP contribution in [0.25, 0.3) is 10.9 Å². The zero-order valence-corrected chi connectivity index (χ0v) is 11.6. The first-order valence-corrected chi connectivity index (χ1v) is 6.89. The lowest BCUT2D eigenvalue weighted by Gasteiger charge is -2.24. The number of rotatable bonds is 2. The van der Waals surface area contributed by atoms with Gasteiger partial charge in [0.25, 0.3) is 0 Å². The van der Waals surface area contributed by atoms with Crippen LogP contribution in [0.15, 0.2) is 29.4 Å². The van der Waals surface area contributed by atoms with Gasteiger partial charge in [-0.3, -0.25) is 0 Å². The van der Waals surface area contributed by atoms with E-state index in [0.717, 1.165) is 47.2 Å². The lowest BCUT2D eigenvalue weighted by Crippen LogP contribution is -2.19. The third kappa shape index (κ3) is 1.81. The van der Waals surface area contributed by atoms with Crippen molar-refractivity contribution in [3.8, 4) is 0 Å². The Morgan fingerprint density at radius 1 is 1.37 bits per heavy atom. The summed E-state index contributed by atoms with van der Waals surface area (Å²) >= 11 is 6.36. The van der Waals surface area contributed by atoms with E-state index in [-0.39, 0.29) is 0 Å². The minimum absolute atomic E-state index is 0.424. The van der Waals surface area contributed by atoms with Crippen LogP contribution in [0.5, 0.6) is 0 Å². The first-order valence-electron chi connectivity index (χ1n) is 6.51. The molecule has 0 bridgehead atoms. The van der Waals surface area contributed by atoms with E-state index < -0.39 is 5.54 Å². The van der Waals surface area contributed by atoms with E-state index >= 15 is 0 Å². The topological polar surface area (TPSA) is 34.4 Å². The summed E-state index contributed by atoms with van der Waals surface area (Å²) in [6.07, 6.45) is 7.64. The summed E-state index contributed by atoms with van der Waals surface area (Å²) in [5.41, 5.74) is 1.72. The Labute approximate surface area is 116 Å². The van der Waals surface area contributed by atoms with E-state index in [2.05, 4.69) is 4.99 Å². The molecule has 1 fully saturated rings. The Kier molecular flexibility index (Phi) is 2.96. The van der Waals surface area contributed by atoms with Gasteiger partial charge < -0.3 is 4.57 Å². The molecule has 1 aromatic heterocycles. The number of nitrogens with zero attached hydrogens (tertiary/aromatic N) is 2. The van der Waals surface area contributed by atoms with Crippen LogP contribution >= 0.6 is 11.6 Å². The molecular formula is C15H15ClN2O. The highest BCUT2D eigenvalue weighted by atomic mass is 35.5. The zero-order valence-electron chi connectivity index (χ0n) is 10.8. The summed E-state index contributed by atoms with van der Waals surface area (Å²) in [6, 6.07) is 6.09. The number of benzene rings is 1. The molecule has 19 heavy (non-hydrogen) atoms. The SMILES string of the molecule is Cn1cc(Cl)c2c(C3(N=C=O)CCCC3)cccc21. The van der Waals surface area contributed by atoms with Gasteiger partial charge >= 0.3 is 0 Å². The van der Waals surface area contributed by atoms with Crippen LogP contribution in [0.4, 0.5) is 0 Å². The van der Waals surface area contributed by atoms with E-state index in [1.165, 1.54) is 0 Å². The average molecular weight is 275 g/mol. The smallest absolute Gasteiger partial charge is 0.235 e. The molecule has 0 atom stereocenters. The molecule has 3 nitrogen and oxygen atoms in total. The maximum absolute atomic E-state index is 10.8. The molecule has 0 N–H and O–H groups in total. The van der Waals surface area contributed by atoms with Crippen LogP contribution in [0, 0.1) is 0 Å². The van der Waals surface area contributed by atoms with Gasteiger partial charge in [-0.25, -0.2) is 4.79 Å². The number of aryl methyl sites for hydroxylation is 1. The number of hydrogen-bond donors (Lipinski definition) is 0. The molecule has 2 aromatic rings. The second-order valence-electron chi connectivity index (χ2n) is 5.23. The monoisotopic (exact) mass is 274 g/mol. The molecule has 0 radical (unpaired) electrons. The average Bonchev–Trinajstić information content (AvgIpc) is 2.97. The normalized spacial score (nSPS) is 17.6. The number of aromatic nitrogens is 1. The fourth-order valence-corrected chi connectivity index (χ4v) is 3.61. The molecule has 4 heteroatoms. The molecular weight excluding hydrogens is 260 g/mol. The summed E-state index contributed by atoms with van der Waals surface area (Å²) in [5, 5.41) is 1.74. The summed E-state index contributed by atoms with van der Waals surface area (Å²) in [7, 11) is 1.97. The van der Waals surface area contributed by atoms with Crippen LogP contribution in [0.2, 0.25) is 5.02 Å². The number of fused-ring (bicyclic) bond motifs is 1. The molecule has 1 heterocycles. The van der Waals surface area contributed by atoms with Gasteiger partial charge in [-0.2, -0.15) is 4.99 Å². The zero-order chi connectivity index (χ0) is 13.5. The highest BCUT2D eigenvalue weighted by Gasteiger charge is 2.37. The molecule has 0 saturated heterocycles. The van der Waals surface area contributed by atoms with Crippen molar-refractivity contribution >= 4 is 28.6 Å². The molecule has 1 aliphatic carbocycles. The van der Waals surface area contributed by atoms with Gasteiger partial charge in [0.1, 0.15) is 0 Å². The standard InChI is InChI=1S/C15H15ClN2O/c1-18-9-12(16)14-11(5-4-6-13(14)18)15(17-10-19)7-2-3-8-15/h4-6,9H,2-3,7-8H2,1H3. The molecule has 0 amide bonds. The third-order valence-corrected chi connectivity index (χ3v) is 4.45. The van der Waals surface area contributed by atoms with E-state index in [1.54, 1.807) is 6.08 Å². The number of isocyanates is 1. The predicted octanol–water partition coefficient (Wildman–Crippen LogP) is 3.94. The van der Waals surface area contributed by atoms with Gasteiger partial charge in [0.05, 0.1) is 10.6 Å². The Hall–Kier alpha value is -1.57. The summed E-state index contributed by atoms with van der Waals surface area (Å²) in [5.74, 6) is 0. The van der Waals surface area contributed by atoms with Crippen molar-refractivity contribution in [3.05, 3.63) is 35.0 Å². The van der Waals surface area contributed by atoms with Crippen molar-refractivity contribution in [1.29, 1.82) is 0 Å². The van der Waals surface area contributed by atoms with Crippen LogP contribution < -0.4 is 0 Å². The van der Waals surface area contributed by atoms with Gasteiger partial charge in [0.15, 0.2) is 0 Å². The highest BCUT2D eigenvalue weighted by molar-refractivity contribution is 6.36. The number of hydrogen-bond acceptors (Lipinski definition) is 2. The maximum atomic E-state index is 10.8. The summed E-state index contributed by atoms with van der Waals surface area (Å²) in [6.45, 7) is 0. The van der Waals surface area contributed by atoms with E-state index in [4.69, 9.17) is 11.6 Å². The molecule has 98 valence electrons. The van der Waals surface area contributed by atoms with Crippen molar-refractivity contribution in [2.24, 2.45) is 12.0 Å². The lowest BCUT2D eigenvalue weighted by atomic mass is 9.86. The van der Waals surface area contributed by atoms with E-state index in [0.29, 0.717) is 0 Å². The molecule has 0 aliphatic heterocycles. The van der Waals surface area contributed by atoms with Crippen molar-refractivity contribution in [3.63, 3.8) is 0 Å². The predicted molar refractivity (Wildman–Crippen MR) is 76.2 cm³/mol. The van der Waals surface area contributed by atoms with E-state index in [9.17, 15) is 4.79 Å². The van der Waals surface area contributed by atoms with Crippen LogP contribution in [-0.4, -0.2) is 10.6 Å².